The van der Waals surface area contributed by atoms with Crippen LogP contribution in [0.5, 0.6) is 0 Å². The number of ether oxygens (including phenoxy) is 1. The van der Waals surface area contributed by atoms with Gasteiger partial charge in [0, 0.05) is 52.3 Å². The lowest BCUT2D eigenvalue weighted by Crippen LogP contribution is -2.47. The molecule has 37 heavy (non-hydrogen) atoms. The molecule has 1 aromatic carbocycles. The molecule has 9 heteroatoms. The Hall–Kier alpha value is -3.04. The van der Waals surface area contributed by atoms with Crippen LogP contribution in [0.25, 0.3) is 0 Å². The van der Waals surface area contributed by atoms with E-state index in [1.807, 2.05) is 50.7 Å². The third-order valence-electron chi connectivity index (χ3n) is 6.81. The molecule has 2 aromatic rings. The Bertz CT molecular complexity index is 1120. The van der Waals surface area contributed by atoms with Gasteiger partial charge in [0.2, 0.25) is 5.91 Å². The van der Waals surface area contributed by atoms with Gasteiger partial charge in [-0.25, -0.2) is 9.40 Å². The van der Waals surface area contributed by atoms with Gasteiger partial charge in [-0.15, -0.1) is 0 Å². The number of rotatable bonds is 8. The topological polar surface area (TPSA) is 70.4 Å². The maximum absolute atomic E-state index is 13.7. The van der Waals surface area contributed by atoms with Crippen LogP contribution in [0.1, 0.15) is 50.9 Å². The summed E-state index contributed by atoms with van der Waals surface area (Å²) in [7, 11) is 1.94. The number of hydrogen-bond donors (Lipinski definition) is 0. The lowest BCUT2D eigenvalue weighted by atomic mass is 9.91. The molecule has 0 bridgehead atoms. The molecule has 2 amide bonds. The minimum atomic E-state index is -0.364. The zero-order chi connectivity index (χ0) is 26.6. The number of hydrogen-bond acceptors (Lipinski definition) is 5. The van der Waals surface area contributed by atoms with Crippen LogP contribution < -0.4 is 0 Å². The highest BCUT2D eigenvalue weighted by atomic mass is 19.1. The number of morpholine rings is 1. The van der Waals surface area contributed by atoms with Gasteiger partial charge < -0.3 is 14.2 Å². The van der Waals surface area contributed by atoms with E-state index in [4.69, 9.17) is 9.84 Å². The van der Waals surface area contributed by atoms with E-state index in [1.54, 1.807) is 17.0 Å². The fraction of sp³-hybridized carbons (Fsp3) is 0.536. The van der Waals surface area contributed by atoms with Crippen LogP contribution in [-0.4, -0.2) is 82.8 Å². The highest BCUT2D eigenvalue weighted by Gasteiger charge is 2.35. The third kappa shape index (κ3) is 7.05. The summed E-state index contributed by atoms with van der Waals surface area (Å²) >= 11 is 0. The molecule has 1 saturated heterocycles. The normalized spacial score (nSPS) is 18.7. The molecule has 1 atom stereocenters. The summed E-state index contributed by atoms with van der Waals surface area (Å²) in [5.74, 6) is -0.619. The molecule has 1 fully saturated rings. The Morgan fingerprint density at radius 3 is 2.46 bits per heavy atom. The number of halogens is 1. The van der Waals surface area contributed by atoms with Crippen molar-refractivity contribution in [2.24, 2.45) is 17.6 Å². The number of hydrazone groups is 1. The first kappa shape index (κ1) is 27.0. The summed E-state index contributed by atoms with van der Waals surface area (Å²) in [6.07, 6.45) is 2.80. The highest BCUT2D eigenvalue weighted by molar-refractivity contribution is 6.02. The molecule has 0 radical (unpaired) electrons. The second kappa shape index (κ2) is 11.6. The molecule has 0 N–H and O–H groups in total. The van der Waals surface area contributed by atoms with Crippen LogP contribution >= 0.6 is 0 Å². The van der Waals surface area contributed by atoms with Crippen LogP contribution in [0.4, 0.5) is 4.39 Å². The Morgan fingerprint density at radius 2 is 1.84 bits per heavy atom. The SMILES string of the molecule is Cn1cccc1C1=NN(C(=O)CN(CCN2CCOCC2)C(=O)CC(C)(C)C)[C@@H](c2ccc(F)cc2)C1. The van der Waals surface area contributed by atoms with E-state index >= 15 is 0 Å². The van der Waals surface area contributed by atoms with Gasteiger partial charge in [0.05, 0.1) is 30.7 Å². The summed E-state index contributed by atoms with van der Waals surface area (Å²) in [4.78, 5) is 31.0. The number of aryl methyl sites for hydroxylation is 1. The van der Waals surface area contributed by atoms with Crippen molar-refractivity contribution >= 4 is 17.5 Å². The molecule has 200 valence electrons. The Labute approximate surface area is 218 Å². The monoisotopic (exact) mass is 511 g/mol. The van der Waals surface area contributed by atoms with Crippen molar-refractivity contribution in [1.29, 1.82) is 0 Å². The minimum Gasteiger partial charge on any atom is -0.379 e. The van der Waals surface area contributed by atoms with Gasteiger partial charge in [0.15, 0.2) is 0 Å². The molecule has 2 aliphatic heterocycles. The highest BCUT2D eigenvalue weighted by Crippen LogP contribution is 2.33. The first-order valence-corrected chi connectivity index (χ1v) is 13.0. The number of aromatic nitrogens is 1. The number of amides is 2. The predicted molar refractivity (Wildman–Crippen MR) is 140 cm³/mol. The first-order chi connectivity index (χ1) is 17.6. The van der Waals surface area contributed by atoms with Gasteiger partial charge in [-0.3, -0.25) is 14.5 Å². The molecule has 1 aromatic heterocycles. The summed E-state index contributed by atoms with van der Waals surface area (Å²) in [6, 6.07) is 9.75. The van der Waals surface area contributed by atoms with E-state index in [9.17, 15) is 14.0 Å². The van der Waals surface area contributed by atoms with Gasteiger partial charge in [0.1, 0.15) is 12.4 Å². The first-order valence-electron chi connectivity index (χ1n) is 13.0. The zero-order valence-corrected chi connectivity index (χ0v) is 22.3. The molecule has 4 rings (SSSR count). The van der Waals surface area contributed by atoms with Gasteiger partial charge in [-0.05, 0) is 35.2 Å². The predicted octanol–water partition coefficient (Wildman–Crippen LogP) is 3.44. The summed E-state index contributed by atoms with van der Waals surface area (Å²) in [5.41, 5.74) is 2.33. The maximum Gasteiger partial charge on any atom is 0.262 e. The van der Waals surface area contributed by atoms with Crippen molar-refractivity contribution in [1.82, 2.24) is 19.4 Å². The maximum atomic E-state index is 13.7. The third-order valence-corrected chi connectivity index (χ3v) is 6.81. The molecular weight excluding hydrogens is 473 g/mol. The molecule has 0 aliphatic carbocycles. The Morgan fingerprint density at radius 1 is 1.14 bits per heavy atom. The number of carbonyl (C=O) groups excluding carboxylic acids is 2. The summed E-state index contributed by atoms with van der Waals surface area (Å²) < 4.78 is 21.1. The van der Waals surface area contributed by atoms with Crippen LogP contribution in [0, 0.1) is 11.2 Å². The molecule has 0 unspecified atom stereocenters. The standard InChI is InChI=1S/C28H38FN5O3/c1-28(2,3)19-26(35)33(13-12-32-14-16-37-17-15-32)20-27(36)34-25(21-7-9-22(29)10-8-21)18-23(30-34)24-6-5-11-31(24)4/h5-11,25H,12-20H2,1-4H3/t25-/m1/s1. The zero-order valence-electron chi connectivity index (χ0n) is 22.3. The van der Waals surface area contributed by atoms with Crippen molar-refractivity contribution < 1.29 is 18.7 Å². The van der Waals surface area contributed by atoms with Gasteiger partial charge in [0.25, 0.3) is 5.91 Å². The lowest BCUT2D eigenvalue weighted by molar-refractivity contribution is -0.142. The molecule has 3 heterocycles. The minimum absolute atomic E-state index is 0.0433. The van der Waals surface area contributed by atoms with Gasteiger partial charge >= 0.3 is 0 Å². The summed E-state index contributed by atoms with van der Waals surface area (Å²) in [6.45, 7) is 10.2. The fourth-order valence-electron chi connectivity index (χ4n) is 4.78. The second-order valence-electron chi connectivity index (χ2n) is 11.1. The average molecular weight is 512 g/mol. The van der Waals surface area contributed by atoms with E-state index in [-0.39, 0.29) is 35.6 Å². The number of benzene rings is 1. The van der Waals surface area contributed by atoms with E-state index in [0.29, 0.717) is 39.1 Å². The Balaban J connectivity index is 1.56. The quantitative estimate of drug-likeness (QED) is 0.545. The number of nitrogens with zero attached hydrogens (tertiary/aromatic N) is 5. The van der Waals surface area contributed by atoms with Crippen LogP contribution in [0.3, 0.4) is 0 Å². The van der Waals surface area contributed by atoms with E-state index in [1.165, 1.54) is 17.1 Å². The van der Waals surface area contributed by atoms with E-state index in [2.05, 4.69) is 4.90 Å². The van der Waals surface area contributed by atoms with Crippen molar-refractivity contribution in [2.45, 2.75) is 39.7 Å². The number of carbonyl (C=O) groups is 2. The van der Waals surface area contributed by atoms with Crippen LogP contribution in [0.2, 0.25) is 0 Å². The average Bonchev–Trinajstić information content (AvgIpc) is 3.48. The lowest BCUT2D eigenvalue weighted by Gasteiger charge is -2.32. The van der Waals surface area contributed by atoms with Gasteiger partial charge in [-0.1, -0.05) is 32.9 Å². The van der Waals surface area contributed by atoms with Crippen molar-refractivity contribution in [3.05, 3.63) is 59.7 Å². The van der Waals surface area contributed by atoms with Crippen LogP contribution in [-0.2, 0) is 21.4 Å². The molecule has 8 nitrogen and oxygen atoms in total. The smallest absolute Gasteiger partial charge is 0.262 e. The van der Waals surface area contributed by atoms with Crippen molar-refractivity contribution in [2.75, 3.05) is 45.9 Å². The Kier molecular flexibility index (Phi) is 8.44. The van der Waals surface area contributed by atoms with E-state index < -0.39 is 0 Å². The second-order valence-corrected chi connectivity index (χ2v) is 11.1. The molecular formula is C28H38FN5O3. The fourth-order valence-corrected chi connectivity index (χ4v) is 4.78. The molecule has 0 saturated carbocycles. The molecule has 0 spiro atoms. The van der Waals surface area contributed by atoms with Crippen molar-refractivity contribution in [3.63, 3.8) is 0 Å². The largest absolute Gasteiger partial charge is 0.379 e. The molecule has 2 aliphatic rings. The van der Waals surface area contributed by atoms with E-state index in [0.717, 1.165) is 30.1 Å². The van der Waals surface area contributed by atoms with Gasteiger partial charge in [-0.2, -0.15) is 5.10 Å². The van der Waals surface area contributed by atoms with Crippen LogP contribution in [0.15, 0.2) is 47.7 Å². The van der Waals surface area contributed by atoms with Crippen molar-refractivity contribution in [3.8, 4) is 0 Å². The summed E-state index contributed by atoms with van der Waals surface area (Å²) in [5, 5.41) is 6.22.